The lowest BCUT2D eigenvalue weighted by molar-refractivity contribution is 0.238. The fourth-order valence-electron chi connectivity index (χ4n) is 2.16. The van der Waals surface area contributed by atoms with Crippen molar-refractivity contribution in [3.8, 4) is 5.75 Å². The fourth-order valence-corrected chi connectivity index (χ4v) is 2.99. The highest BCUT2D eigenvalue weighted by molar-refractivity contribution is 14.1. The Labute approximate surface area is 143 Å². The van der Waals surface area contributed by atoms with Crippen LogP contribution in [0, 0.1) is 3.57 Å². The van der Waals surface area contributed by atoms with Crippen molar-refractivity contribution < 1.29 is 4.74 Å². The lowest BCUT2D eigenvalue weighted by Gasteiger charge is -2.22. The number of rotatable bonds is 5. The van der Waals surface area contributed by atoms with Gasteiger partial charge in [0, 0.05) is 14.2 Å². The molecule has 1 unspecified atom stereocenters. The molecular formula is C16H18ClIN2O. The first-order chi connectivity index (χ1) is 10.0. The van der Waals surface area contributed by atoms with E-state index in [1.165, 1.54) is 0 Å². The molecule has 0 bridgehead atoms. The number of hydrazine groups is 1. The van der Waals surface area contributed by atoms with Crippen molar-refractivity contribution in [2.24, 2.45) is 5.84 Å². The molecule has 3 nitrogen and oxygen atoms in total. The van der Waals surface area contributed by atoms with Gasteiger partial charge in [0.25, 0.3) is 0 Å². The number of hydrogen-bond donors (Lipinski definition) is 2. The summed E-state index contributed by atoms with van der Waals surface area (Å²) in [4.78, 5) is 0. The molecule has 2 aromatic rings. The largest absolute Gasteiger partial charge is 0.491 e. The maximum atomic E-state index is 6.13. The first-order valence-corrected chi connectivity index (χ1v) is 8.15. The third-order valence-corrected chi connectivity index (χ3v) is 4.25. The molecule has 0 aliphatic heterocycles. The summed E-state index contributed by atoms with van der Waals surface area (Å²) in [5, 5.41) is 0.688. The van der Waals surface area contributed by atoms with Gasteiger partial charge >= 0.3 is 0 Å². The summed E-state index contributed by atoms with van der Waals surface area (Å²) < 4.78 is 6.99. The molecule has 0 aromatic heterocycles. The second kappa shape index (κ2) is 7.45. The lowest BCUT2D eigenvalue weighted by atomic mass is 9.98. The molecule has 0 saturated carbocycles. The maximum absolute atomic E-state index is 6.13. The molecule has 0 spiro atoms. The molecule has 0 aliphatic carbocycles. The van der Waals surface area contributed by atoms with Crippen LogP contribution in [0.4, 0.5) is 0 Å². The van der Waals surface area contributed by atoms with Crippen molar-refractivity contribution in [1.82, 2.24) is 5.43 Å². The van der Waals surface area contributed by atoms with Crippen molar-refractivity contribution in [2.45, 2.75) is 26.0 Å². The molecule has 0 aliphatic rings. The molecule has 21 heavy (non-hydrogen) atoms. The predicted molar refractivity (Wildman–Crippen MR) is 95.5 cm³/mol. The highest BCUT2D eigenvalue weighted by Gasteiger charge is 2.20. The molecule has 0 fully saturated rings. The number of hydrogen-bond acceptors (Lipinski definition) is 3. The maximum Gasteiger partial charge on any atom is 0.124 e. The molecular weight excluding hydrogens is 399 g/mol. The van der Waals surface area contributed by atoms with Crippen LogP contribution in [0.25, 0.3) is 0 Å². The van der Waals surface area contributed by atoms with Gasteiger partial charge in [-0.25, -0.2) is 5.43 Å². The predicted octanol–water partition coefficient (Wildman–Crippen LogP) is 4.28. The zero-order valence-corrected chi connectivity index (χ0v) is 14.9. The number of ether oxygens (including phenoxy) is 1. The lowest BCUT2D eigenvalue weighted by Crippen LogP contribution is -2.30. The fraction of sp³-hybridized carbons (Fsp3) is 0.250. The molecule has 0 amide bonds. The van der Waals surface area contributed by atoms with E-state index >= 15 is 0 Å². The van der Waals surface area contributed by atoms with E-state index in [-0.39, 0.29) is 12.1 Å². The van der Waals surface area contributed by atoms with Crippen LogP contribution in [0.15, 0.2) is 42.5 Å². The van der Waals surface area contributed by atoms with Crippen molar-refractivity contribution in [3.05, 3.63) is 62.2 Å². The number of nitrogens with two attached hydrogens (primary N) is 1. The molecule has 2 rings (SSSR count). The second-order valence-electron chi connectivity index (χ2n) is 4.97. The first kappa shape index (κ1) is 16.5. The average Bonchev–Trinajstić information content (AvgIpc) is 2.44. The minimum Gasteiger partial charge on any atom is -0.491 e. The van der Waals surface area contributed by atoms with Crippen LogP contribution in [0.5, 0.6) is 5.75 Å². The van der Waals surface area contributed by atoms with Crippen molar-refractivity contribution >= 4 is 34.2 Å². The van der Waals surface area contributed by atoms with Crippen LogP contribution in [-0.2, 0) is 0 Å². The van der Waals surface area contributed by atoms with Gasteiger partial charge in [-0.15, -0.1) is 0 Å². The Morgan fingerprint density at radius 1 is 1.14 bits per heavy atom. The van der Waals surface area contributed by atoms with E-state index in [1.54, 1.807) is 0 Å². The minimum atomic E-state index is -0.175. The molecule has 5 heteroatoms. The first-order valence-electron chi connectivity index (χ1n) is 6.69. The Kier molecular flexibility index (Phi) is 5.87. The third-order valence-electron chi connectivity index (χ3n) is 3.03. The molecule has 0 saturated heterocycles. The number of halogens is 2. The van der Waals surface area contributed by atoms with Gasteiger partial charge in [0.05, 0.1) is 12.1 Å². The van der Waals surface area contributed by atoms with Crippen LogP contribution >= 0.6 is 34.2 Å². The van der Waals surface area contributed by atoms with Gasteiger partial charge in [-0.1, -0.05) is 29.8 Å². The number of para-hydroxylation sites is 1. The normalized spacial score (nSPS) is 12.5. The van der Waals surface area contributed by atoms with Gasteiger partial charge in [-0.3, -0.25) is 5.84 Å². The molecule has 2 aromatic carbocycles. The van der Waals surface area contributed by atoms with Gasteiger partial charge in [0.1, 0.15) is 5.75 Å². The molecule has 0 heterocycles. The van der Waals surface area contributed by atoms with Gasteiger partial charge in [0.2, 0.25) is 0 Å². The summed E-state index contributed by atoms with van der Waals surface area (Å²) in [6, 6.07) is 13.5. The van der Waals surface area contributed by atoms with Gasteiger partial charge in [-0.05, 0) is 66.3 Å². The van der Waals surface area contributed by atoms with E-state index in [0.29, 0.717) is 5.02 Å². The quantitative estimate of drug-likeness (QED) is 0.434. The topological polar surface area (TPSA) is 47.3 Å². The highest BCUT2D eigenvalue weighted by atomic mass is 127. The van der Waals surface area contributed by atoms with Crippen LogP contribution in [-0.4, -0.2) is 6.10 Å². The minimum absolute atomic E-state index is 0.100. The Morgan fingerprint density at radius 3 is 2.52 bits per heavy atom. The zero-order valence-electron chi connectivity index (χ0n) is 11.9. The summed E-state index contributed by atoms with van der Waals surface area (Å²) in [5.41, 5.74) is 4.90. The molecule has 112 valence electrons. The van der Waals surface area contributed by atoms with E-state index in [4.69, 9.17) is 22.2 Å². The highest BCUT2D eigenvalue weighted by Crippen LogP contribution is 2.33. The standard InChI is InChI=1S/C16H18ClIN2O/c1-10(2)21-15-6-4-3-5-12(15)16(20-19)13-9-11(17)7-8-14(13)18/h3-10,16,20H,19H2,1-2H3. The Morgan fingerprint density at radius 2 is 1.86 bits per heavy atom. The van der Waals surface area contributed by atoms with Crippen molar-refractivity contribution in [3.63, 3.8) is 0 Å². The van der Waals surface area contributed by atoms with E-state index in [0.717, 1.165) is 20.4 Å². The average molecular weight is 417 g/mol. The van der Waals surface area contributed by atoms with Crippen LogP contribution < -0.4 is 16.0 Å². The van der Waals surface area contributed by atoms with E-state index in [2.05, 4.69) is 28.0 Å². The Balaban J connectivity index is 2.49. The summed E-state index contributed by atoms with van der Waals surface area (Å²) in [6.45, 7) is 4.01. The van der Waals surface area contributed by atoms with Crippen LogP contribution in [0.3, 0.4) is 0 Å². The molecule has 0 radical (unpaired) electrons. The van der Waals surface area contributed by atoms with Gasteiger partial charge < -0.3 is 4.74 Å². The summed E-state index contributed by atoms with van der Waals surface area (Å²) in [7, 11) is 0. The number of benzene rings is 2. The van der Waals surface area contributed by atoms with E-state index < -0.39 is 0 Å². The van der Waals surface area contributed by atoms with Gasteiger partial charge in [0.15, 0.2) is 0 Å². The van der Waals surface area contributed by atoms with Crippen molar-refractivity contribution in [1.29, 1.82) is 0 Å². The summed E-state index contributed by atoms with van der Waals surface area (Å²) >= 11 is 8.41. The zero-order chi connectivity index (χ0) is 15.4. The summed E-state index contributed by atoms with van der Waals surface area (Å²) in [5.74, 6) is 6.63. The Hall–Kier alpha value is -0.820. The van der Waals surface area contributed by atoms with Crippen molar-refractivity contribution in [2.75, 3.05) is 0 Å². The Bertz CT molecular complexity index is 619. The number of nitrogens with one attached hydrogen (secondary N) is 1. The molecule has 1 atom stereocenters. The van der Waals surface area contributed by atoms with Crippen LogP contribution in [0.1, 0.15) is 31.0 Å². The van der Waals surface area contributed by atoms with Crippen LogP contribution in [0.2, 0.25) is 5.02 Å². The van der Waals surface area contributed by atoms with E-state index in [9.17, 15) is 0 Å². The second-order valence-corrected chi connectivity index (χ2v) is 6.57. The third kappa shape index (κ3) is 4.10. The van der Waals surface area contributed by atoms with Gasteiger partial charge in [-0.2, -0.15) is 0 Å². The molecule has 3 N–H and O–H groups in total. The smallest absolute Gasteiger partial charge is 0.124 e. The summed E-state index contributed by atoms with van der Waals surface area (Å²) in [6.07, 6.45) is 0.100. The monoisotopic (exact) mass is 416 g/mol. The SMILES string of the molecule is CC(C)Oc1ccccc1C(NN)c1cc(Cl)ccc1I. The van der Waals surface area contributed by atoms with E-state index in [1.807, 2.05) is 56.3 Å².